The maximum atomic E-state index is 12.9. The average molecular weight is 557 g/mol. The molecule has 0 saturated heterocycles. The van der Waals surface area contributed by atoms with E-state index in [9.17, 15) is 29.8 Å². The monoisotopic (exact) mass is 556 g/mol. The molecule has 0 spiro atoms. The van der Waals surface area contributed by atoms with Crippen LogP contribution < -0.4 is 0 Å². The Labute approximate surface area is 223 Å². The fraction of sp³-hybridized carbons (Fsp3) is 0.667. The molecular formula is C24H32N2O11S. The summed E-state index contributed by atoms with van der Waals surface area (Å²) in [5.74, 6) is -1.49. The van der Waals surface area contributed by atoms with Crippen molar-refractivity contribution >= 4 is 35.4 Å². The third-order valence-electron chi connectivity index (χ3n) is 7.15. The summed E-state index contributed by atoms with van der Waals surface area (Å²) in [5.41, 5.74) is -3.37. The summed E-state index contributed by atoms with van der Waals surface area (Å²) in [7, 11) is 0. The number of ether oxygens (including phenoxy) is 2. The Balaban J connectivity index is 1.88. The van der Waals surface area contributed by atoms with E-state index in [1.165, 1.54) is 0 Å². The topological polar surface area (TPSA) is 178 Å². The third-order valence-corrected chi connectivity index (χ3v) is 7.83. The van der Waals surface area contributed by atoms with E-state index >= 15 is 0 Å². The number of hydrogen-bond acceptors (Lipinski definition) is 12. The number of nitrogens with zero attached hydrogens (tertiary/aromatic N) is 2. The first kappa shape index (κ1) is 29.7. The van der Waals surface area contributed by atoms with Crippen LogP contribution in [0.3, 0.4) is 0 Å². The highest BCUT2D eigenvalue weighted by atomic mass is 32.2. The molecule has 0 atom stereocenters. The fourth-order valence-electron chi connectivity index (χ4n) is 5.18. The minimum Gasteiger partial charge on any atom is -0.462 e. The summed E-state index contributed by atoms with van der Waals surface area (Å²) >= 11 is -0.0845. The van der Waals surface area contributed by atoms with Crippen LogP contribution in [-0.4, -0.2) is 40.3 Å². The minimum absolute atomic E-state index is 0.00244. The molecule has 0 amide bonds. The maximum Gasteiger partial charge on any atom is 0.345 e. The molecule has 38 heavy (non-hydrogen) atoms. The Kier molecular flexibility index (Phi) is 11.7. The van der Waals surface area contributed by atoms with Crippen molar-refractivity contribution in [1.82, 2.24) is 0 Å². The van der Waals surface area contributed by atoms with Gasteiger partial charge in [-0.1, -0.05) is 69.2 Å². The summed E-state index contributed by atoms with van der Waals surface area (Å²) < 4.78 is 14.8. The second-order valence-electron chi connectivity index (χ2n) is 9.60. The van der Waals surface area contributed by atoms with Crippen LogP contribution in [0.4, 0.5) is 11.4 Å². The van der Waals surface area contributed by atoms with Gasteiger partial charge >= 0.3 is 23.3 Å². The lowest BCUT2D eigenvalue weighted by molar-refractivity contribution is -0.433. The van der Waals surface area contributed by atoms with Gasteiger partial charge in [0.25, 0.3) is 0 Å². The summed E-state index contributed by atoms with van der Waals surface area (Å²) in [4.78, 5) is 46.8. The molecule has 210 valence electrons. The number of benzene rings is 1. The zero-order valence-corrected chi connectivity index (χ0v) is 21.8. The molecule has 0 unspecified atom stereocenters. The van der Waals surface area contributed by atoms with Gasteiger partial charge < -0.3 is 9.47 Å². The van der Waals surface area contributed by atoms with Gasteiger partial charge in [0.2, 0.25) is 0 Å². The number of carbonyl (C=O) groups excluding carboxylic acids is 2. The van der Waals surface area contributed by atoms with E-state index in [4.69, 9.17) is 14.7 Å². The summed E-state index contributed by atoms with van der Waals surface area (Å²) in [6, 6.07) is 0.756. The summed E-state index contributed by atoms with van der Waals surface area (Å²) in [6.45, 7) is -0.00489. The van der Waals surface area contributed by atoms with Gasteiger partial charge in [0.05, 0.1) is 35.1 Å². The van der Waals surface area contributed by atoms with Crippen LogP contribution in [0.1, 0.15) is 97.8 Å². The highest BCUT2D eigenvalue weighted by molar-refractivity contribution is 7.94. The number of esters is 2. The lowest BCUT2D eigenvalue weighted by Gasteiger charge is -2.21. The van der Waals surface area contributed by atoms with E-state index in [-0.39, 0.29) is 25.3 Å². The molecule has 0 aliphatic heterocycles. The van der Waals surface area contributed by atoms with Gasteiger partial charge in [-0.25, -0.2) is 14.8 Å². The van der Waals surface area contributed by atoms with Gasteiger partial charge in [0.15, 0.2) is 4.90 Å². The smallest absolute Gasteiger partial charge is 0.345 e. The normalized spacial score (nSPS) is 16.7. The highest BCUT2D eigenvalue weighted by Gasteiger charge is 2.40. The summed E-state index contributed by atoms with van der Waals surface area (Å²) in [6.07, 6.45) is 11.8. The van der Waals surface area contributed by atoms with Crippen molar-refractivity contribution in [2.75, 3.05) is 13.2 Å². The Morgan fingerprint density at radius 2 is 1.24 bits per heavy atom. The van der Waals surface area contributed by atoms with Crippen molar-refractivity contribution in [3.8, 4) is 0 Å². The van der Waals surface area contributed by atoms with Crippen molar-refractivity contribution in [2.24, 2.45) is 11.8 Å². The number of hydrogen-bond donors (Lipinski definition) is 1. The largest absolute Gasteiger partial charge is 0.462 e. The van der Waals surface area contributed by atoms with Gasteiger partial charge in [-0.2, -0.15) is 0 Å². The van der Waals surface area contributed by atoms with E-state index in [1.807, 2.05) is 0 Å². The molecule has 2 fully saturated rings. The van der Waals surface area contributed by atoms with E-state index in [0.717, 1.165) is 70.3 Å². The van der Waals surface area contributed by atoms with Gasteiger partial charge in [-0.3, -0.25) is 20.2 Å². The zero-order chi connectivity index (χ0) is 27.5. The molecule has 1 aromatic rings. The first-order valence-electron chi connectivity index (χ1n) is 12.8. The van der Waals surface area contributed by atoms with Crippen LogP contribution in [0.2, 0.25) is 0 Å². The number of nitro benzene ring substituents is 2. The van der Waals surface area contributed by atoms with Gasteiger partial charge in [-0.15, -0.1) is 4.33 Å². The number of carbonyl (C=O) groups is 2. The first-order chi connectivity index (χ1) is 18.3. The Morgan fingerprint density at radius 1 is 0.816 bits per heavy atom. The van der Waals surface area contributed by atoms with Gasteiger partial charge in [0, 0.05) is 0 Å². The minimum atomic E-state index is -1.12. The molecule has 0 bridgehead atoms. The van der Waals surface area contributed by atoms with Crippen molar-refractivity contribution in [2.45, 2.75) is 81.9 Å². The molecule has 0 aromatic heterocycles. The standard InChI is InChI=1S/C24H32N2O11S/c27-23(34-13-11-16-7-3-1-4-8-16)18-15-19(24(28)35-14-12-17-9-5-2-6-10-17)21(26(31)32)22(38-37-36-33)20(18)25(29)30/h15-17,33H,1-14H2. The SMILES string of the molecule is O=C(OCCC1CCCCC1)c1cc(C(=O)OCCC2CCCCC2)c([N+](=O)[O-])c(SOOO)c1[N+](=O)[O-]. The maximum absolute atomic E-state index is 12.9. The van der Waals surface area contributed by atoms with Crippen molar-refractivity contribution in [3.63, 3.8) is 0 Å². The van der Waals surface area contributed by atoms with E-state index < -0.39 is 49.2 Å². The predicted molar refractivity (Wildman–Crippen MR) is 133 cm³/mol. The van der Waals surface area contributed by atoms with Crippen LogP contribution in [0.5, 0.6) is 0 Å². The van der Waals surface area contributed by atoms with Gasteiger partial charge in [0.1, 0.15) is 11.1 Å². The molecule has 0 heterocycles. The molecular weight excluding hydrogens is 524 g/mol. The zero-order valence-electron chi connectivity index (χ0n) is 21.0. The van der Waals surface area contributed by atoms with Crippen molar-refractivity contribution in [3.05, 3.63) is 37.4 Å². The Bertz CT molecular complexity index is 935. The van der Waals surface area contributed by atoms with E-state index in [0.29, 0.717) is 24.7 Å². The number of nitro groups is 2. The summed E-state index contributed by atoms with van der Waals surface area (Å²) in [5, 5.41) is 35.9. The lowest BCUT2D eigenvalue weighted by atomic mass is 9.87. The van der Waals surface area contributed by atoms with Crippen LogP contribution in [-0.2, 0) is 18.8 Å². The third kappa shape index (κ3) is 8.09. The van der Waals surface area contributed by atoms with E-state index in [2.05, 4.69) is 9.37 Å². The molecule has 3 rings (SSSR count). The molecule has 1 aromatic carbocycles. The van der Waals surface area contributed by atoms with Crippen LogP contribution in [0, 0.1) is 32.1 Å². The number of rotatable bonds is 13. The van der Waals surface area contributed by atoms with Crippen LogP contribution >= 0.6 is 12.0 Å². The average Bonchev–Trinajstić information content (AvgIpc) is 2.91. The van der Waals surface area contributed by atoms with Crippen molar-refractivity contribution < 1.29 is 43.5 Å². The molecule has 14 heteroatoms. The predicted octanol–water partition coefficient (Wildman–Crippen LogP) is 6.19. The molecule has 1 N–H and O–H groups in total. The fourth-order valence-corrected chi connectivity index (χ4v) is 5.81. The second kappa shape index (κ2) is 15.0. The molecule has 2 aliphatic carbocycles. The van der Waals surface area contributed by atoms with E-state index in [1.54, 1.807) is 0 Å². The molecule has 2 aliphatic rings. The van der Waals surface area contributed by atoms with Crippen LogP contribution in [0.15, 0.2) is 11.0 Å². The second-order valence-corrected chi connectivity index (χ2v) is 10.3. The van der Waals surface area contributed by atoms with Gasteiger partial charge in [-0.05, 0) is 30.7 Å². The van der Waals surface area contributed by atoms with Crippen LogP contribution in [0.25, 0.3) is 0 Å². The molecule has 2 saturated carbocycles. The molecule has 13 nitrogen and oxygen atoms in total. The Hall–Kier alpha value is -2.81. The van der Waals surface area contributed by atoms with Crippen molar-refractivity contribution in [1.29, 1.82) is 0 Å². The highest BCUT2D eigenvalue weighted by Crippen LogP contribution is 2.43. The Morgan fingerprint density at radius 3 is 1.61 bits per heavy atom. The quantitative estimate of drug-likeness (QED) is 0.0959. The molecule has 0 radical (unpaired) electrons. The lowest BCUT2D eigenvalue weighted by Crippen LogP contribution is -2.18. The first-order valence-corrected chi connectivity index (χ1v) is 13.6.